The quantitative estimate of drug-likeness (QED) is 0.703. The van der Waals surface area contributed by atoms with Crippen molar-refractivity contribution in [1.82, 2.24) is 9.69 Å². The molecule has 1 amide bonds. The molecule has 3 aliphatic heterocycles. The van der Waals surface area contributed by atoms with E-state index in [0.717, 1.165) is 40.8 Å². The highest BCUT2D eigenvalue weighted by atomic mass is 32.1. The topological polar surface area (TPSA) is 51.2 Å². The molecular weight excluding hydrogens is 382 g/mol. The number of hydrogen-bond donors (Lipinski definition) is 1. The summed E-state index contributed by atoms with van der Waals surface area (Å²) in [6.07, 6.45) is 7.93. The van der Waals surface area contributed by atoms with Crippen LogP contribution in [0.15, 0.2) is 18.2 Å². The monoisotopic (exact) mass is 412 g/mol. The molecule has 2 saturated carbocycles. The minimum Gasteiger partial charge on any atom is -0.493 e. The van der Waals surface area contributed by atoms with Crippen LogP contribution in [0.3, 0.4) is 0 Å². The van der Waals surface area contributed by atoms with Gasteiger partial charge in [0, 0.05) is 24.1 Å². The van der Waals surface area contributed by atoms with Crippen molar-refractivity contribution in [2.24, 2.45) is 17.8 Å². The Labute approximate surface area is 176 Å². The number of benzene rings is 1. The number of hydrogen-bond acceptors (Lipinski definition) is 4. The highest BCUT2D eigenvalue weighted by Gasteiger charge is 2.48. The summed E-state index contributed by atoms with van der Waals surface area (Å²) in [5.74, 6) is 3.22. The van der Waals surface area contributed by atoms with Gasteiger partial charge in [-0.05, 0) is 67.3 Å². The van der Waals surface area contributed by atoms with Crippen molar-refractivity contribution >= 4 is 27.5 Å². The van der Waals surface area contributed by atoms with Gasteiger partial charge in [-0.25, -0.2) is 0 Å². The first-order valence-electron chi connectivity index (χ1n) is 11.4. The molecule has 154 valence electrons. The maximum absolute atomic E-state index is 13.1. The Morgan fingerprint density at radius 1 is 1.14 bits per heavy atom. The van der Waals surface area contributed by atoms with Crippen LogP contribution in [0.5, 0.6) is 5.75 Å². The van der Waals surface area contributed by atoms with Gasteiger partial charge in [-0.3, -0.25) is 4.79 Å². The van der Waals surface area contributed by atoms with Crippen LogP contribution < -0.4 is 10.1 Å². The van der Waals surface area contributed by atoms with Crippen LogP contribution in [0, 0.1) is 17.8 Å². The van der Waals surface area contributed by atoms with Gasteiger partial charge in [0.15, 0.2) is 0 Å². The van der Waals surface area contributed by atoms with E-state index in [1.807, 2.05) is 18.2 Å². The zero-order chi connectivity index (χ0) is 19.4. The fraction of sp³-hybridized carbons (Fsp3) is 0.652. The maximum atomic E-state index is 13.1. The molecule has 5 aliphatic rings. The normalized spacial score (nSPS) is 31.2. The van der Waals surface area contributed by atoms with Gasteiger partial charge in [0.1, 0.15) is 11.4 Å². The van der Waals surface area contributed by atoms with Gasteiger partial charge >= 0.3 is 0 Å². The number of carbonyl (C=O) groups is 1. The molecule has 6 heteroatoms. The number of fused-ring (bicyclic) bond motifs is 4. The predicted molar refractivity (Wildman–Crippen MR) is 114 cm³/mol. The minimum atomic E-state index is 0.00576. The Balaban J connectivity index is 1.16. The lowest BCUT2D eigenvalue weighted by Gasteiger charge is -2.53. The van der Waals surface area contributed by atoms with E-state index in [4.69, 9.17) is 4.74 Å². The summed E-state index contributed by atoms with van der Waals surface area (Å²) in [6, 6.07) is 6.34. The molecule has 2 aromatic rings. The lowest BCUT2D eigenvalue weighted by atomic mass is 9.81. The van der Waals surface area contributed by atoms with Gasteiger partial charge in [-0.15, -0.1) is 0 Å². The Kier molecular flexibility index (Phi) is 4.34. The third-order valence-electron chi connectivity index (χ3n) is 7.60. The van der Waals surface area contributed by atoms with Gasteiger partial charge in [0.2, 0.25) is 0 Å². The molecule has 0 radical (unpaired) electrons. The molecule has 5 fully saturated rings. The van der Waals surface area contributed by atoms with E-state index < -0.39 is 0 Å². The van der Waals surface area contributed by atoms with Crippen LogP contribution in [0.1, 0.15) is 49.0 Å². The summed E-state index contributed by atoms with van der Waals surface area (Å²) in [5, 5.41) is 4.34. The number of ether oxygens (including phenoxy) is 1. The molecule has 1 atom stereocenters. The molecule has 5 nitrogen and oxygen atoms in total. The van der Waals surface area contributed by atoms with Crippen LogP contribution in [-0.2, 0) is 0 Å². The van der Waals surface area contributed by atoms with Crippen molar-refractivity contribution in [1.29, 1.82) is 0 Å². The van der Waals surface area contributed by atoms with Gasteiger partial charge in [-0.1, -0.05) is 0 Å². The molecule has 1 aromatic carbocycles. The average molecular weight is 413 g/mol. The van der Waals surface area contributed by atoms with Crippen LogP contribution >= 0.6 is 11.5 Å². The van der Waals surface area contributed by atoms with Crippen molar-refractivity contribution in [2.45, 2.75) is 44.6 Å². The smallest absolute Gasteiger partial charge is 0.272 e. The van der Waals surface area contributed by atoms with Crippen LogP contribution in [0.2, 0.25) is 0 Å². The highest BCUT2D eigenvalue weighted by Crippen LogP contribution is 2.40. The first kappa shape index (κ1) is 18.1. The second-order valence-corrected chi connectivity index (χ2v) is 10.8. The largest absolute Gasteiger partial charge is 0.493 e. The first-order chi connectivity index (χ1) is 14.2. The first-order valence-corrected chi connectivity index (χ1v) is 12.1. The molecule has 4 heterocycles. The van der Waals surface area contributed by atoms with E-state index in [0.29, 0.717) is 17.7 Å². The molecule has 0 unspecified atom stereocenters. The summed E-state index contributed by atoms with van der Waals surface area (Å²) in [6.45, 7) is 5.89. The van der Waals surface area contributed by atoms with Crippen LogP contribution in [0.25, 0.3) is 10.1 Å². The van der Waals surface area contributed by atoms with E-state index in [9.17, 15) is 4.79 Å². The molecule has 3 saturated heterocycles. The summed E-state index contributed by atoms with van der Waals surface area (Å²) in [4.78, 5) is 13.1. The predicted octanol–water partition coefficient (Wildman–Crippen LogP) is 3.83. The second-order valence-electron chi connectivity index (χ2n) is 9.96. The lowest BCUT2D eigenvalue weighted by molar-refractivity contribution is -0.945. The van der Waals surface area contributed by atoms with E-state index in [1.54, 1.807) is 0 Å². The number of aromatic nitrogens is 1. The fourth-order valence-corrected chi connectivity index (χ4v) is 6.27. The zero-order valence-corrected chi connectivity index (χ0v) is 17.8. The number of amides is 1. The molecular formula is C23H30N3O2S+. The van der Waals surface area contributed by atoms with E-state index in [-0.39, 0.29) is 5.91 Å². The molecule has 29 heavy (non-hydrogen) atoms. The summed E-state index contributed by atoms with van der Waals surface area (Å²) < 4.78 is 12.7. The van der Waals surface area contributed by atoms with E-state index in [2.05, 4.69) is 9.69 Å². The lowest BCUT2D eigenvalue weighted by Crippen LogP contribution is -2.67. The standard InChI is InChI=1S/C23H29N3O2S/c27-23(24-20-13-26(12-15-1-2-15)9-7-17(20)8-10-26)22-19-6-5-18(11-21(19)29-25-22)28-14-16-3-4-16/h5-6,11,15-17,20H,1-4,7-10,12-14H2/p+1/t17?,20-,26?/m1/s1. The van der Waals surface area contributed by atoms with Crippen molar-refractivity contribution in [3.63, 3.8) is 0 Å². The zero-order valence-electron chi connectivity index (χ0n) is 16.9. The number of nitrogens with zero attached hydrogens (tertiary/aromatic N) is 2. The summed E-state index contributed by atoms with van der Waals surface area (Å²) >= 11 is 1.40. The van der Waals surface area contributed by atoms with Crippen molar-refractivity contribution < 1.29 is 14.0 Å². The highest BCUT2D eigenvalue weighted by molar-refractivity contribution is 7.13. The Bertz CT molecular complexity index is 925. The van der Waals surface area contributed by atoms with E-state index >= 15 is 0 Å². The Morgan fingerprint density at radius 2 is 1.93 bits per heavy atom. The summed E-state index contributed by atoms with van der Waals surface area (Å²) in [5.41, 5.74) is 0.587. The fourth-order valence-electron chi connectivity index (χ4n) is 5.46. The third kappa shape index (κ3) is 3.66. The van der Waals surface area contributed by atoms with Gasteiger partial charge in [-0.2, -0.15) is 4.37 Å². The second kappa shape index (κ2) is 6.95. The molecule has 1 N–H and O–H groups in total. The number of piperidine rings is 3. The van der Waals surface area contributed by atoms with Crippen molar-refractivity contribution in [3.05, 3.63) is 23.9 Å². The van der Waals surface area contributed by atoms with Gasteiger partial charge in [0.05, 0.1) is 43.5 Å². The summed E-state index contributed by atoms with van der Waals surface area (Å²) in [7, 11) is 0. The molecule has 1 aromatic heterocycles. The SMILES string of the molecule is O=C(N[C@@H]1C[N+]2(CC3CC3)CCC1CC2)c1nsc2cc(OCC3CC3)ccc12. The number of carbonyl (C=O) groups excluding carboxylic acids is 1. The third-order valence-corrected chi connectivity index (χ3v) is 8.41. The van der Waals surface area contributed by atoms with E-state index in [1.165, 1.54) is 74.2 Å². The number of nitrogens with one attached hydrogen (secondary N) is 1. The van der Waals surface area contributed by atoms with Crippen LogP contribution in [-0.4, -0.2) is 53.6 Å². The Hall–Kier alpha value is -1.66. The Morgan fingerprint density at radius 3 is 2.69 bits per heavy atom. The van der Waals surface area contributed by atoms with Crippen LogP contribution in [0.4, 0.5) is 0 Å². The van der Waals surface area contributed by atoms with Crippen molar-refractivity contribution in [2.75, 3.05) is 32.8 Å². The molecule has 7 rings (SSSR count). The molecule has 0 spiro atoms. The number of quaternary nitrogens is 1. The van der Waals surface area contributed by atoms with Gasteiger partial charge < -0.3 is 14.5 Å². The minimum absolute atomic E-state index is 0.00576. The van der Waals surface area contributed by atoms with Gasteiger partial charge in [0.25, 0.3) is 5.91 Å². The maximum Gasteiger partial charge on any atom is 0.272 e. The number of rotatable bonds is 7. The molecule has 2 aliphatic carbocycles. The molecule has 2 bridgehead atoms. The van der Waals surface area contributed by atoms with Crippen molar-refractivity contribution in [3.8, 4) is 5.75 Å². The average Bonchev–Trinajstić information content (AvgIpc) is 3.66.